The molecule has 1 aromatic heterocycles. The van der Waals surface area contributed by atoms with Crippen LogP contribution in [-0.2, 0) is 0 Å². The predicted octanol–water partition coefficient (Wildman–Crippen LogP) is 4.59. The van der Waals surface area contributed by atoms with Crippen LogP contribution in [0.1, 0.15) is 10.5 Å². The van der Waals surface area contributed by atoms with Gasteiger partial charge in [0.1, 0.15) is 5.69 Å². The second-order valence-electron chi connectivity index (χ2n) is 5.37. The predicted molar refractivity (Wildman–Crippen MR) is 96.6 cm³/mol. The van der Waals surface area contributed by atoms with Crippen LogP contribution in [0.3, 0.4) is 0 Å². The van der Waals surface area contributed by atoms with Gasteiger partial charge >= 0.3 is 6.61 Å². The second-order valence-corrected chi connectivity index (χ2v) is 5.81. The molecule has 9 heteroatoms. The topological polar surface area (TPSA) is 76.2 Å². The number of ether oxygens (including phenoxy) is 2. The number of methoxy groups -OCH3 is 1. The van der Waals surface area contributed by atoms with Crippen LogP contribution in [0.5, 0.6) is 11.5 Å². The van der Waals surface area contributed by atoms with Gasteiger partial charge in [-0.2, -0.15) is 13.9 Å². The molecule has 0 spiro atoms. The lowest BCUT2D eigenvalue weighted by atomic mass is 10.1. The summed E-state index contributed by atoms with van der Waals surface area (Å²) in [6.45, 7) is -2.98. The maximum atomic E-state index is 12.4. The number of nitrogens with zero attached hydrogens (tertiary/aromatic N) is 1. The molecular formula is C18H14ClF2N3O3. The summed E-state index contributed by atoms with van der Waals surface area (Å²) in [5.41, 5.74) is 1.95. The van der Waals surface area contributed by atoms with Crippen LogP contribution in [0.15, 0.2) is 48.5 Å². The Morgan fingerprint density at radius 3 is 2.56 bits per heavy atom. The number of halogens is 3. The number of carbonyl (C=O) groups excluding carboxylic acids is 1. The summed E-state index contributed by atoms with van der Waals surface area (Å²) in [5, 5.41) is 9.99. The zero-order chi connectivity index (χ0) is 19.4. The second kappa shape index (κ2) is 8.05. The number of carbonyl (C=O) groups is 1. The molecule has 0 aliphatic heterocycles. The number of hydrogen-bond acceptors (Lipinski definition) is 4. The molecule has 0 unspecified atom stereocenters. The Morgan fingerprint density at radius 2 is 1.89 bits per heavy atom. The first-order chi connectivity index (χ1) is 13.0. The monoisotopic (exact) mass is 393 g/mol. The zero-order valence-electron chi connectivity index (χ0n) is 14.0. The molecule has 2 aromatic carbocycles. The largest absolute Gasteiger partial charge is 0.493 e. The van der Waals surface area contributed by atoms with Crippen molar-refractivity contribution in [3.05, 3.63) is 59.2 Å². The first-order valence-electron chi connectivity index (χ1n) is 7.72. The minimum Gasteiger partial charge on any atom is -0.493 e. The van der Waals surface area contributed by atoms with Gasteiger partial charge in [-0.1, -0.05) is 23.7 Å². The molecule has 1 heterocycles. The summed E-state index contributed by atoms with van der Waals surface area (Å²) in [6, 6.07) is 12.7. The van der Waals surface area contributed by atoms with Gasteiger partial charge in [0.25, 0.3) is 5.91 Å². The molecule has 0 aliphatic rings. The fourth-order valence-corrected chi connectivity index (χ4v) is 2.47. The Bertz CT molecular complexity index is 945. The van der Waals surface area contributed by atoms with E-state index in [9.17, 15) is 13.6 Å². The molecule has 0 saturated carbocycles. The molecule has 0 atom stereocenters. The Kier molecular flexibility index (Phi) is 5.56. The van der Waals surface area contributed by atoms with Crippen molar-refractivity contribution in [1.29, 1.82) is 0 Å². The normalized spacial score (nSPS) is 10.7. The lowest BCUT2D eigenvalue weighted by Crippen LogP contribution is -2.12. The van der Waals surface area contributed by atoms with E-state index in [0.717, 1.165) is 5.56 Å². The van der Waals surface area contributed by atoms with E-state index in [0.29, 0.717) is 16.4 Å². The van der Waals surface area contributed by atoms with Crippen molar-refractivity contribution in [2.45, 2.75) is 6.61 Å². The van der Waals surface area contributed by atoms with Crippen molar-refractivity contribution in [3.8, 4) is 22.8 Å². The SMILES string of the molecule is COc1cc(NC(=O)c2cc(-c3ccc(Cl)cc3)n[nH]2)ccc1OC(F)F. The van der Waals surface area contributed by atoms with E-state index in [1.54, 1.807) is 30.3 Å². The number of H-pyrrole nitrogens is 1. The molecular weight excluding hydrogens is 380 g/mol. The fourth-order valence-electron chi connectivity index (χ4n) is 2.34. The van der Waals surface area contributed by atoms with Crippen molar-refractivity contribution in [2.24, 2.45) is 0 Å². The number of aromatic amines is 1. The summed E-state index contributed by atoms with van der Waals surface area (Å²) >= 11 is 5.86. The standard InChI is InChI=1S/C18H14ClF2N3O3/c1-26-16-8-12(6-7-15(16)27-18(20)21)22-17(25)14-9-13(23-24-14)10-2-4-11(19)5-3-10/h2-9,18H,1H3,(H,22,25)(H,23,24). The summed E-state index contributed by atoms with van der Waals surface area (Å²) in [4.78, 5) is 12.4. The van der Waals surface area contributed by atoms with Crippen molar-refractivity contribution >= 4 is 23.2 Å². The maximum Gasteiger partial charge on any atom is 0.387 e. The van der Waals surface area contributed by atoms with Gasteiger partial charge < -0.3 is 14.8 Å². The summed E-state index contributed by atoms with van der Waals surface area (Å²) in [5.74, 6) is -0.510. The Labute approximate surface area is 158 Å². The lowest BCUT2D eigenvalue weighted by Gasteiger charge is -2.11. The summed E-state index contributed by atoms with van der Waals surface area (Å²) in [7, 11) is 1.31. The van der Waals surface area contributed by atoms with E-state index in [1.165, 1.54) is 25.3 Å². The highest BCUT2D eigenvalue weighted by atomic mass is 35.5. The molecule has 0 bridgehead atoms. The third-order valence-electron chi connectivity index (χ3n) is 3.60. The molecule has 0 radical (unpaired) electrons. The van der Waals surface area contributed by atoms with Crippen molar-refractivity contribution in [1.82, 2.24) is 10.2 Å². The average Bonchev–Trinajstić information content (AvgIpc) is 3.13. The van der Waals surface area contributed by atoms with Gasteiger partial charge in [-0.15, -0.1) is 0 Å². The quantitative estimate of drug-likeness (QED) is 0.642. The van der Waals surface area contributed by atoms with Crippen molar-refractivity contribution < 1.29 is 23.0 Å². The number of hydrogen-bond donors (Lipinski definition) is 2. The van der Waals surface area contributed by atoms with Crippen LogP contribution in [0.25, 0.3) is 11.3 Å². The van der Waals surface area contributed by atoms with Gasteiger partial charge in [-0.3, -0.25) is 9.89 Å². The minimum absolute atomic E-state index is 0.0690. The number of aromatic nitrogens is 2. The lowest BCUT2D eigenvalue weighted by molar-refractivity contribution is -0.0512. The van der Waals surface area contributed by atoms with Crippen LogP contribution < -0.4 is 14.8 Å². The maximum absolute atomic E-state index is 12.4. The Balaban J connectivity index is 1.75. The van der Waals surface area contributed by atoms with Gasteiger partial charge in [0, 0.05) is 22.3 Å². The molecule has 0 aliphatic carbocycles. The first kappa shape index (κ1) is 18.7. The van der Waals surface area contributed by atoms with Gasteiger partial charge in [0.05, 0.1) is 12.8 Å². The van der Waals surface area contributed by atoms with Crippen LogP contribution >= 0.6 is 11.6 Å². The minimum atomic E-state index is -2.98. The number of anilines is 1. The first-order valence-corrected chi connectivity index (χ1v) is 8.09. The van der Waals surface area contributed by atoms with E-state index < -0.39 is 12.5 Å². The molecule has 27 heavy (non-hydrogen) atoms. The van der Waals surface area contributed by atoms with Crippen LogP contribution in [0.2, 0.25) is 5.02 Å². The van der Waals surface area contributed by atoms with E-state index >= 15 is 0 Å². The Morgan fingerprint density at radius 1 is 1.15 bits per heavy atom. The smallest absolute Gasteiger partial charge is 0.387 e. The number of nitrogens with one attached hydrogen (secondary N) is 2. The molecule has 140 valence electrons. The highest BCUT2D eigenvalue weighted by Gasteiger charge is 2.14. The number of rotatable bonds is 6. The highest BCUT2D eigenvalue weighted by Crippen LogP contribution is 2.31. The van der Waals surface area contributed by atoms with Gasteiger partial charge in [-0.25, -0.2) is 0 Å². The van der Waals surface area contributed by atoms with Gasteiger partial charge in [-0.05, 0) is 30.3 Å². The van der Waals surface area contributed by atoms with E-state index in [4.69, 9.17) is 16.3 Å². The van der Waals surface area contributed by atoms with Crippen LogP contribution in [0.4, 0.5) is 14.5 Å². The number of alkyl halides is 2. The highest BCUT2D eigenvalue weighted by molar-refractivity contribution is 6.30. The molecule has 3 rings (SSSR count). The average molecular weight is 394 g/mol. The molecule has 6 nitrogen and oxygen atoms in total. The van der Waals surface area contributed by atoms with Crippen LogP contribution in [0, 0.1) is 0 Å². The summed E-state index contributed by atoms with van der Waals surface area (Å²) in [6.07, 6.45) is 0. The van der Waals surface area contributed by atoms with Crippen molar-refractivity contribution in [3.63, 3.8) is 0 Å². The van der Waals surface area contributed by atoms with E-state index in [1.807, 2.05) is 0 Å². The van der Waals surface area contributed by atoms with Crippen LogP contribution in [-0.4, -0.2) is 29.8 Å². The number of amides is 1. The van der Waals surface area contributed by atoms with Crippen molar-refractivity contribution in [2.75, 3.05) is 12.4 Å². The molecule has 2 N–H and O–H groups in total. The van der Waals surface area contributed by atoms with E-state index in [2.05, 4.69) is 20.3 Å². The fraction of sp³-hybridized carbons (Fsp3) is 0.111. The molecule has 1 amide bonds. The Hall–Kier alpha value is -3.13. The number of benzene rings is 2. The molecule has 3 aromatic rings. The van der Waals surface area contributed by atoms with E-state index in [-0.39, 0.29) is 17.2 Å². The third-order valence-corrected chi connectivity index (χ3v) is 3.85. The summed E-state index contributed by atoms with van der Waals surface area (Å²) < 4.78 is 34.1. The third kappa shape index (κ3) is 4.53. The van der Waals surface area contributed by atoms with Gasteiger partial charge in [0.2, 0.25) is 0 Å². The van der Waals surface area contributed by atoms with Gasteiger partial charge in [0.15, 0.2) is 11.5 Å². The molecule has 0 saturated heterocycles. The zero-order valence-corrected chi connectivity index (χ0v) is 14.8. The molecule has 0 fully saturated rings.